The fourth-order valence-electron chi connectivity index (χ4n) is 4.60. The minimum atomic E-state index is 0.252. The summed E-state index contributed by atoms with van der Waals surface area (Å²) in [6.07, 6.45) is 7.34. The lowest BCUT2D eigenvalue weighted by Gasteiger charge is -2.22. The Hall–Kier alpha value is -1.42. The molecule has 0 bridgehead atoms. The topological polar surface area (TPSA) is 36.4 Å². The van der Waals surface area contributed by atoms with Crippen LogP contribution in [0, 0.1) is 23.2 Å². The first-order valence-electron chi connectivity index (χ1n) is 9.43. The highest BCUT2D eigenvalue weighted by Gasteiger charge is 2.53. The van der Waals surface area contributed by atoms with E-state index in [4.69, 9.17) is 0 Å². The van der Waals surface area contributed by atoms with Crippen molar-refractivity contribution < 1.29 is 4.79 Å². The second kappa shape index (κ2) is 6.14. The van der Waals surface area contributed by atoms with Crippen LogP contribution in [-0.2, 0) is 11.3 Å². The molecule has 1 amide bonds. The van der Waals surface area contributed by atoms with Crippen LogP contribution in [-0.4, -0.2) is 46.9 Å². The standard InChI is InChI=1S/C20H29N3O/c1-20(2)10-18(20)19(24)23-13-16-5-8-22(9-6-17(16)14-23)12-15-4-3-7-21-11-15/h3-4,7,11,16-18H,5-6,8-10,12-14H2,1-2H3/t16-,17+,18?. The number of hydrogen-bond donors (Lipinski definition) is 0. The predicted octanol–water partition coefficient (Wildman–Crippen LogP) is 2.80. The molecule has 3 fully saturated rings. The van der Waals surface area contributed by atoms with E-state index in [1.165, 1.54) is 18.4 Å². The van der Waals surface area contributed by atoms with Gasteiger partial charge >= 0.3 is 0 Å². The van der Waals surface area contributed by atoms with Gasteiger partial charge < -0.3 is 4.90 Å². The molecule has 4 heteroatoms. The molecule has 1 aromatic rings. The first kappa shape index (κ1) is 16.1. The molecule has 2 saturated heterocycles. The van der Waals surface area contributed by atoms with Gasteiger partial charge in [-0.3, -0.25) is 14.7 Å². The summed E-state index contributed by atoms with van der Waals surface area (Å²) >= 11 is 0. The molecule has 2 aliphatic heterocycles. The molecule has 3 heterocycles. The molecule has 0 aromatic carbocycles. The van der Waals surface area contributed by atoms with E-state index >= 15 is 0 Å². The molecule has 3 atom stereocenters. The lowest BCUT2D eigenvalue weighted by atomic mass is 9.92. The molecule has 1 aromatic heterocycles. The summed E-state index contributed by atoms with van der Waals surface area (Å²) in [4.78, 5) is 21.6. The van der Waals surface area contributed by atoms with Crippen LogP contribution in [0.1, 0.15) is 38.7 Å². The number of amides is 1. The van der Waals surface area contributed by atoms with Crippen LogP contribution in [0.3, 0.4) is 0 Å². The van der Waals surface area contributed by atoms with Crippen LogP contribution in [0.15, 0.2) is 24.5 Å². The van der Waals surface area contributed by atoms with Gasteiger partial charge in [-0.15, -0.1) is 0 Å². The molecule has 130 valence electrons. The Kier molecular flexibility index (Phi) is 4.11. The molecular weight excluding hydrogens is 298 g/mol. The summed E-state index contributed by atoms with van der Waals surface area (Å²) in [7, 11) is 0. The van der Waals surface area contributed by atoms with Gasteiger partial charge in [0.1, 0.15) is 0 Å². The maximum absolute atomic E-state index is 12.7. The van der Waals surface area contributed by atoms with Crippen molar-refractivity contribution in [3.63, 3.8) is 0 Å². The third-order valence-corrected chi connectivity index (χ3v) is 6.46. The summed E-state index contributed by atoms with van der Waals surface area (Å²) in [5.74, 6) is 2.13. The Labute approximate surface area is 145 Å². The SMILES string of the molecule is CC1(C)CC1C(=O)N1C[C@H]2CCN(Cc3cccnc3)CC[C@H]2C1. The van der Waals surface area contributed by atoms with Crippen LogP contribution < -0.4 is 0 Å². The highest BCUT2D eigenvalue weighted by molar-refractivity contribution is 5.82. The van der Waals surface area contributed by atoms with E-state index in [-0.39, 0.29) is 5.41 Å². The fraction of sp³-hybridized carbons (Fsp3) is 0.700. The van der Waals surface area contributed by atoms with Crippen molar-refractivity contribution in [1.29, 1.82) is 0 Å². The quantitative estimate of drug-likeness (QED) is 0.856. The van der Waals surface area contributed by atoms with Gasteiger partial charge in [0.15, 0.2) is 0 Å². The summed E-state index contributed by atoms with van der Waals surface area (Å²) in [6, 6.07) is 4.18. The zero-order valence-electron chi connectivity index (χ0n) is 14.9. The van der Waals surface area contributed by atoms with Gasteiger partial charge in [-0.25, -0.2) is 0 Å². The van der Waals surface area contributed by atoms with E-state index in [1.807, 2.05) is 18.5 Å². The van der Waals surface area contributed by atoms with E-state index in [2.05, 4.69) is 34.7 Å². The molecule has 0 N–H and O–H groups in total. The lowest BCUT2D eigenvalue weighted by molar-refractivity contribution is -0.132. The summed E-state index contributed by atoms with van der Waals surface area (Å²) in [5, 5.41) is 0. The van der Waals surface area contributed by atoms with E-state index in [0.717, 1.165) is 39.1 Å². The van der Waals surface area contributed by atoms with Crippen molar-refractivity contribution in [2.24, 2.45) is 23.2 Å². The Morgan fingerprint density at radius 2 is 1.92 bits per heavy atom. The highest BCUT2D eigenvalue weighted by Crippen LogP contribution is 2.53. The smallest absolute Gasteiger partial charge is 0.226 e. The second-order valence-electron chi connectivity index (χ2n) is 8.72. The van der Waals surface area contributed by atoms with Crippen molar-refractivity contribution in [2.75, 3.05) is 26.2 Å². The molecular formula is C20H29N3O. The van der Waals surface area contributed by atoms with Gasteiger partial charge in [0.05, 0.1) is 0 Å². The number of hydrogen-bond acceptors (Lipinski definition) is 3. The average Bonchev–Trinajstić information content (AvgIpc) is 3.09. The maximum atomic E-state index is 12.7. The number of carbonyl (C=O) groups is 1. The number of likely N-dealkylation sites (tertiary alicyclic amines) is 2. The van der Waals surface area contributed by atoms with E-state index in [0.29, 0.717) is 23.7 Å². The molecule has 24 heavy (non-hydrogen) atoms. The van der Waals surface area contributed by atoms with Crippen LogP contribution in [0.2, 0.25) is 0 Å². The van der Waals surface area contributed by atoms with E-state index in [1.54, 1.807) is 0 Å². The summed E-state index contributed by atoms with van der Waals surface area (Å²) in [6.45, 7) is 9.74. The van der Waals surface area contributed by atoms with Gasteiger partial charge in [-0.1, -0.05) is 19.9 Å². The molecule has 1 unspecified atom stereocenters. The first-order valence-corrected chi connectivity index (χ1v) is 9.43. The number of nitrogens with zero attached hydrogens (tertiary/aromatic N) is 3. The Bertz CT molecular complexity index is 584. The minimum Gasteiger partial charge on any atom is -0.342 e. The normalized spacial score (nSPS) is 32.2. The number of rotatable bonds is 3. The van der Waals surface area contributed by atoms with Gasteiger partial charge in [-0.05, 0) is 61.2 Å². The third-order valence-electron chi connectivity index (χ3n) is 6.46. The fourth-order valence-corrected chi connectivity index (χ4v) is 4.60. The van der Waals surface area contributed by atoms with Gasteiger partial charge in [0.2, 0.25) is 5.91 Å². The van der Waals surface area contributed by atoms with Gasteiger partial charge in [0, 0.05) is 37.9 Å². The van der Waals surface area contributed by atoms with Crippen LogP contribution in [0.25, 0.3) is 0 Å². The van der Waals surface area contributed by atoms with Crippen LogP contribution in [0.4, 0.5) is 0 Å². The zero-order valence-corrected chi connectivity index (χ0v) is 14.9. The lowest BCUT2D eigenvalue weighted by Crippen LogP contribution is -2.33. The van der Waals surface area contributed by atoms with Crippen molar-refractivity contribution in [3.8, 4) is 0 Å². The molecule has 0 radical (unpaired) electrons. The predicted molar refractivity (Wildman–Crippen MR) is 94.2 cm³/mol. The average molecular weight is 327 g/mol. The Morgan fingerprint density at radius 1 is 1.25 bits per heavy atom. The first-order chi connectivity index (χ1) is 11.5. The molecule has 4 rings (SSSR count). The van der Waals surface area contributed by atoms with Crippen LogP contribution >= 0.6 is 0 Å². The van der Waals surface area contributed by atoms with E-state index in [9.17, 15) is 4.79 Å². The highest BCUT2D eigenvalue weighted by atomic mass is 16.2. The largest absolute Gasteiger partial charge is 0.342 e. The Morgan fingerprint density at radius 3 is 2.46 bits per heavy atom. The summed E-state index contributed by atoms with van der Waals surface area (Å²) in [5.41, 5.74) is 1.56. The summed E-state index contributed by atoms with van der Waals surface area (Å²) < 4.78 is 0. The number of fused-ring (bicyclic) bond motifs is 1. The van der Waals surface area contributed by atoms with Crippen molar-refractivity contribution in [2.45, 2.75) is 39.7 Å². The molecule has 0 spiro atoms. The van der Waals surface area contributed by atoms with Crippen LogP contribution in [0.5, 0.6) is 0 Å². The maximum Gasteiger partial charge on any atom is 0.226 e. The minimum absolute atomic E-state index is 0.252. The molecule has 1 aliphatic carbocycles. The molecule has 3 aliphatic rings. The third kappa shape index (κ3) is 3.21. The number of carbonyl (C=O) groups excluding carboxylic acids is 1. The van der Waals surface area contributed by atoms with Gasteiger partial charge in [-0.2, -0.15) is 0 Å². The van der Waals surface area contributed by atoms with Gasteiger partial charge in [0.25, 0.3) is 0 Å². The zero-order chi connectivity index (χ0) is 16.7. The van der Waals surface area contributed by atoms with E-state index < -0.39 is 0 Å². The Balaban J connectivity index is 1.32. The second-order valence-corrected chi connectivity index (χ2v) is 8.72. The van der Waals surface area contributed by atoms with Crippen molar-refractivity contribution >= 4 is 5.91 Å². The number of pyridine rings is 1. The van der Waals surface area contributed by atoms with Crippen molar-refractivity contribution in [3.05, 3.63) is 30.1 Å². The molecule has 1 saturated carbocycles. The monoisotopic (exact) mass is 327 g/mol. The molecule has 4 nitrogen and oxygen atoms in total. The van der Waals surface area contributed by atoms with Crippen molar-refractivity contribution in [1.82, 2.24) is 14.8 Å². The number of aromatic nitrogens is 1.